The van der Waals surface area contributed by atoms with Crippen molar-refractivity contribution in [2.45, 2.75) is 39.7 Å². The quantitative estimate of drug-likeness (QED) is 0.763. The average molecular weight is 417 g/mol. The van der Waals surface area contributed by atoms with Gasteiger partial charge in [-0.25, -0.2) is 0 Å². The highest BCUT2D eigenvalue weighted by atomic mass is 16.5. The minimum Gasteiger partial charge on any atom is -0.497 e. The zero-order valence-corrected chi connectivity index (χ0v) is 18.4. The number of nitrogens with one attached hydrogen (secondary N) is 1. The topological polar surface area (TPSA) is 58.6 Å². The van der Waals surface area contributed by atoms with E-state index in [9.17, 15) is 9.59 Å². The number of ether oxygens (including phenoxy) is 1. The molecule has 1 aliphatic carbocycles. The van der Waals surface area contributed by atoms with Crippen LogP contribution < -0.4 is 10.2 Å². The molecule has 0 spiro atoms. The Labute approximate surface area is 183 Å². The van der Waals surface area contributed by atoms with Crippen LogP contribution in [0.2, 0.25) is 0 Å². The summed E-state index contributed by atoms with van der Waals surface area (Å²) in [4.78, 5) is 26.1. The van der Waals surface area contributed by atoms with Crippen molar-refractivity contribution in [3.05, 3.63) is 88.6 Å². The lowest BCUT2D eigenvalue weighted by Gasteiger charge is -2.44. The Balaban J connectivity index is 1.78. The van der Waals surface area contributed by atoms with Crippen molar-refractivity contribution in [1.29, 1.82) is 0 Å². The lowest BCUT2D eigenvalue weighted by molar-refractivity contribution is -0.118. The van der Waals surface area contributed by atoms with E-state index in [1.807, 2.05) is 60.5 Å². The third-order valence-electron chi connectivity index (χ3n) is 5.94. The van der Waals surface area contributed by atoms with Crippen molar-refractivity contribution in [3.63, 3.8) is 0 Å². The molecule has 0 radical (unpaired) electrons. The number of carbonyl (C=O) groups is 2. The average Bonchev–Trinajstić information content (AvgIpc) is 2.75. The summed E-state index contributed by atoms with van der Waals surface area (Å²) in [5, 5.41) is 1.90. The number of rotatable bonds is 4. The fourth-order valence-corrected chi connectivity index (χ4v) is 4.44. The number of nitrogens with zero attached hydrogens (tertiary/aromatic N) is 1. The molecule has 1 unspecified atom stereocenters. The summed E-state index contributed by atoms with van der Waals surface area (Å²) in [7, 11) is 1.64. The highest BCUT2D eigenvalue weighted by molar-refractivity contribution is 6.01. The fourth-order valence-electron chi connectivity index (χ4n) is 4.44. The van der Waals surface area contributed by atoms with Gasteiger partial charge in [0.05, 0.1) is 13.2 Å². The zero-order chi connectivity index (χ0) is 22.2. The predicted molar refractivity (Wildman–Crippen MR) is 120 cm³/mol. The number of ketones is 1. The SMILES string of the molecule is COc1ccc(C2C(C)=CC3=C(CC(C)(C)CC3=O)N2NC(=O)c2ccccc2)cc1. The fraction of sp³-hybridized carbons (Fsp3) is 0.308. The van der Waals surface area contributed by atoms with Gasteiger partial charge in [-0.05, 0) is 60.2 Å². The van der Waals surface area contributed by atoms with E-state index >= 15 is 0 Å². The van der Waals surface area contributed by atoms with Crippen molar-refractivity contribution < 1.29 is 14.3 Å². The van der Waals surface area contributed by atoms with Crippen LogP contribution >= 0.6 is 0 Å². The normalized spacial score (nSPS) is 20.1. The van der Waals surface area contributed by atoms with E-state index in [1.165, 1.54) is 0 Å². The Bertz CT molecular complexity index is 1070. The standard InChI is InChI=1S/C26H28N2O3/c1-17-14-21-22(15-26(2,3)16-23(21)29)28(27-25(30)19-8-6-5-7-9-19)24(17)18-10-12-20(31-4)13-11-18/h5-14,24H,15-16H2,1-4H3,(H,27,30). The third-order valence-corrected chi connectivity index (χ3v) is 5.94. The van der Waals surface area contributed by atoms with Crippen LogP contribution in [0.4, 0.5) is 0 Å². The Hall–Kier alpha value is -3.34. The van der Waals surface area contributed by atoms with Crippen molar-refractivity contribution >= 4 is 11.7 Å². The molecule has 1 aliphatic heterocycles. The first-order chi connectivity index (χ1) is 14.8. The Morgan fingerprint density at radius 3 is 2.39 bits per heavy atom. The van der Waals surface area contributed by atoms with Gasteiger partial charge in [-0.2, -0.15) is 0 Å². The molecule has 1 heterocycles. The number of carbonyl (C=O) groups excluding carboxylic acids is 2. The number of Topliss-reactive ketones (excluding diaryl/α,β-unsaturated/α-hetero) is 1. The molecule has 5 nitrogen and oxygen atoms in total. The van der Waals surface area contributed by atoms with Crippen molar-refractivity contribution in [2.24, 2.45) is 5.41 Å². The van der Waals surface area contributed by atoms with Crippen LogP contribution in [0, 0.1) is 5.41 Å². The molecule has 1 amide bonds. The van der Waals surface area contributed by atoms with Crippen LogP contribution in [0.15, 0.2) is 77.5 Å². The van der Waals surface area contributed by atoms with E-state index < -0.39 is 0 Å². The van der Waals surface area contributed by atoms with Crippen LogP contribution in [-0.4, -0.2) is 23.8 Å². The molecule has 1 N–H and O–H groups in total. The minimum atomic E-state index is -0.209. The molecule has 0 saturated heterocycles. The number of allylic oxidation sites excluding steroid dienone is 3. The number of hydrogen-bond donors (Lipinski definition) is 1. The predicted octanol–water partition coefficient (Wildman–Crippen LogP) is 4.99. The molecular weight excluding hydrogens is 388 g/mol. The second-order valence-electron chi connectivity index (χ2n) is 9.04. The zero-order valence-electron chi connectivity index (χ0n) is 18.4. The summed E-state index contributed by atoms with van der Waals surface area (Å²) in [6.07, 6.45) is 3.20. The van der Waals surface area contributed by atoms with Gasteiger partial charge in [-0.1, -0.05) is 44.2 Å². The van der Waals surface area contributed by atoms with Crippen LogP contribution in [-0.2, 0) is 4.79 Å². The summed E-state index contributed by atoms with van der Waals surface area (Å²) < 4.78 is 5.31. The van der Waals surface area contributed by atoms with Crippen LogP contribution in [0.1, 0.15) is 55.6 Å². The van der Waals surface area contributed by atoms with Gasteiger partial charge in [-0.15, -0.1) is 0 Å². The summed E-state index contributed by atoms with van der Waals surface area (Å²) in [5.41, 5.74) is 7.12. The lowest BCUT2D eigenvalue weighted by atomic mass is 9.73. The van der Waals surface area contributed by atoms with Gasteiger partial charge >= 0.3 is 0 Å². The number of benzene rings is 2. The minimum absolute atomic E-state index is 0.123. The first kappa shape index (κ1) is 20.9. The maximum absolute atomic E-state index is 13.1. The Kier molecular flexibility index (Phi) is 5.44. The van der Waals surface area contributed by atoms with Crippen molar-refractivity contribution in [2.75, 3.05) is 7.11 Å². The summed E-state index contributed by atoms with van der Waals surface area (Å²) in [5.74, 6) is 0.698. The molecule has 2 aromatic rings. The van der Waals surface area contributed by atoms with Crippen molar-refractivity contribution in [3.8, 4) is 5.75 Å². The van der Waals surface area contributed by atoms with E-state index in [4.69, 9.17) is 4.74 Å². The van der Waals surface area contributed by atoms with Crippen LogP contribution in [0.25, 0.3) is 0 Å². The van der Waals surface area contributed by atoms with Gasteiger partial charge in [-0.3, -0.25) is 20.0 Å². The van der Waals surface area contributed by atoms with Crippen LogP contribution in [0.5, 0.6) is 5.75 Å². The molecule has 0 fully saturated rings. The molecule has 2 aliphatic rings. The Morgan fingerprint density at radius 2 is 1.74 bits per heavy atom. The molecular formula is C26H28N2O3. The Morgan fingerprint density at radius 1 is 1.06 bits per heavy atom. The maximum Gasteiger partial charge on any atom is 0.269 e. The van der Waals surface area contributed by atoms with Crippen molar-refractivity contribution in [1.82, 2.24) is 10.4 Å². The molecule has 5 heteroatoms. The first-order valence-corrected chi connectivity index (χ1v) is 10.5. The molecule has 160 valence electrons. The highest BCUT2D eigenvalue weighted by Gasteiger charge is 2.40. The van der Waals surface area contributed by atoms with Gasteiger partial charge in [0.15, 0.2) is 5.78 Å². The molecule has 1 atom stereocenters. The van der Waals surface area contributed by atoms with Crippen LogP contribution in [0.3, 0.4) is 0 Å². The van der Waals surface area contributed by atoms with Gasteiger partial charge in [0, 0.05) is 23.3 Å². The van der Waals surface area contributed by atoms with E-state index in [0.29, 0.717) is 24.0 Å². The molecule has 0 saturated carbocycles. The van der Waals surface area contributed by atoms with E-state index in [1.54, 1.807) is 19.2 Å². The van der Waals surface area contributed by atoms with Gasteiger partial charge in [0.1, 0.15) is 5.75 Å². The van der Waals surface area contributed by atoms with E-state index in [0.717, 1.165) is 22.6 Å². The maximum atomic E-state index is 13.1. The van der Waals surface area contributed by atoms with E-state index in [-0.39, 0.29) is 23.1 Å². The summed E-state index contributed by atoms with van der Waals surface area (Å²) >= 11 is 0. The molecule has 0 aromatic heterocycles. The first-order valence-electron chi connectivity index (χ1n) is 10.5. The van der Waals surface area contributed by atoms with E-state index in [2.05, 4.69) is 19.3 Å². The smallest absolute Gasteiger partial charge is 0.269 e. The van der Waals surface area contributed by atoms with Gasteiger partial charge in [0.2, 0.25) is 0 Å². The highest BCUT2D eigenvalue weighted by Crippen LogP contribution is 2.45. The third kappa shape index (κ3) is 4.13. The second kappa shape index (κ2) is 8.06. The molecule has 0 bridgehead atoms. The largest absolute Gasteiger partial charge is 0.497 e. The lowest BCUT2D eigenvalue weighted by Crippen LogP contribution is -2.48. The number of hydrogen-bond acceptors (Lipinski definition) is 4. The number of amides is 1. The number of methoxy groups -OCH3 is 1. The monoisotopic (exact) mass is 416 g/mol. The molecule has 2 aromatic carbocycles. The molecule has 31 heavy (non-hydrogen) atoms. The summed E-state index contributed by atoms with van der Waals surface area (Å²) in [6.45, 7) is 6.20. The molecule has 4 rings (SSSR count). The number of hydrazine groups is 1. The van der Waals surface area contributed by atoms with Gasteiger partial charge < -0.3 is 4.74 Å². The second-order valence-corrected chi connectivity index (χ2v) is 9.04. The summed E-state index contributed by atoms with van der Waals surface area (Å²) in [6, 6.07) is 16.8. The van der Waals surface area contributed by atoms with Gasteiger partial charge in [0.25, 0.3) is 5.91 Å².